The Balaban J connectivity index is 2.15. The summed E-state index contributed by atoms with van der Waals surface area (Å²) in [7, 11) is 0. The number of nitrogens with zero attached hydrogens (tertiary/aromatic N) is 2. The van der Waals surface area contributed by atoms with Gasteiger partial charge in [0, 0.05) is 17.9 Å². The van der Waals surface area contributed by atoms with Crippen molar-refractivity contribution in [2.75, 3.05) is 5.32 Å². The van der Waals surface area contributed by atoms with Gasteiger partial charge in [0.2, 0.25) is 0 Å². The lowest BCUT2D eigenvalue weighted by Crippen LogP contribution is -2.14. The highest BCUT2D eigenvalue weighted by atomic mass is 16.3. The third-order valence-corrected chi connectivity index (χ3v) is 4.00. The number of benzene rings is 1. The van der Waals surface area contributed by atoms with Crippen molar-refractivity contribution in [2.45, 2.75) is 47.3 Å². The molecule has 0 bridgehead atoms. The molecule has 5 heteroatoms. The fraction of sp³-hybridized carbons (Fsp3) is 0.444. The van der Waals surface area contributed by atoms with Crippen molar-refractivity contribution in [1.29, 1.82) is 0 Å². The maximum atomic E-state index is 12.5. The summed E-state index contributed by atoms with van der Waals surface area (Å²) in [5.41, 5.74) is 3.91. The lowest BCUT2D eigenvalue weighted by Gasteiger charge is -2.10. The molecule has 5 nitrogen and oxygen atoms in total. The maximum absolute atomic E-state index is 12.5. The number of hydrogen-bond donors (Lipinski definition) is 2. The topological polar surface area (TPSA) is 67.2 Å². The van der Waals surface area contributed by atoms with Gasteiger partial charge in [-0.05, 0) is 43.4 Å². The predicted octanol–water partition coefficient (Wildman–Crippen LogP) is 3.29. The zero-order chi connectivity index (χ0) is 17.0. The Morgan fingerprint density at radius 2 is 2.09 bits per heavy atom. The first-order valence-corrected chi connectivity index (χ1v) is 7.96. The highest BCUT2D eigenvalue weighted by molar-refractivity contribution is 6.05. The van der Waals surface area contributed by atoms with Gasteiger partial charge in [0.1, 0.15) is 0 Å². The largest absolute Gasteiger partial charge is 0.392 e. The molecule has 0 spiro atoms. The van der Waals surface area contributed by atoms with Gasteiger partial charge in [-0.3, -0.25) is 9.48 Å². The monoisotopic (exact) mass is 315 g/mol. The van der Waals surface area contributed by atoms with Crippen molar-refractivity contribution in [3.63, 3.8) is 0 Å². The van der Waals surface area contributed by atoms with E-state index in [-0.39, 0.29) is 12.5 Å². The van der Waals surface area contributed by atoms with Gasteiger partial charge >= 0.3 is 0 Å². The van der Waals surface area contributed by atoms with E-state index in [9.17, 15) is 9.90 Å². The summed E-state index contributed by atoms with van der Waals surface area (Å²) in [6.07, 6.45) is 2.65. The van der Waals surface area contributed by atoms with Crippen molar-refractivity contribution in [3.8, 4) is 0 Å². The lowest BCUT2D eigenvalue weighted by atomic mass is 10.1. The van der Waals surface area contributed by atoms with E-state index in [4.69, 9.17) is 0 Å². The van der Waals surface area contributed by atoms with Crippen LogP contribution in [0, 0.1) is 19.8 Å². The van der Waals surface area contributed by atoms with E-state index < -0.39 is 0 Å². The summed E-state index contributed by atoms with van der Waals surface area (Å²) >= 11 is 0. The minimum absolute atomic E-state index is 0.0463. The fourth-order valence-corrected chi connectivity index (χ4v) is 2.37. The van der Waals surface area contributed by atoms with E-state index >= 15 is 0 Å². The second-order valence-corrected chi connectivity index (χ2v) is 6.31. The number of rotatable bonds is 6. The van der Waals surface area contributed by atoms with Gasteiger partial charge in [0.25, 0.3) is 5.91 Å². The van der Waals surface area contributed by atoms with Crippen LogP contribution in [-0.2, 0) is 13.2 Å². The first-order chi connectivity index (χ1) is 10.9. The first-order valence-electron chi connectivity index (χ1n) is 7.96. The Kier molecular flexibility index (Phi) is 5.55. The summed E-state index contributed by atoms with van der Waals surface area (Å²) in [6, 6.07) is 5.53. The zero-order valence-electron chi connectivity index (χ0n) is 14.3. The minimum Gasteiger partial charge on any atom is -0.392 e. The number of aliphatic hydroxyl groups excluding tert-OH is 1. The zero-order valence-corrected chi connectivity index (χ0v) is 14.3. The molecule has 0 atom stereocenters. The Morgan fingerprint density at radius 1 is 1.35 bits per heavy atom. The third-order valence-electron chi connectivity index (χ3n) is 4.00. The van der Waals surface area contributed by atoms with Gasteiger partial charge in [-0.15, -0.1) is 0 Å². The van der Waals surface area contributed by atoms with Gasteiger partial charge in [-0.1, -0.05) is 26.0 Å². The Bertz CT molecular complexity index is 690. The van der Waals surface area contributed by atoms with Gasteiger partial charge in [0.05, 0.1) is 18.4 Å². The molecule has 0 aliphatic carbocycles. The van der Waals surface area contributed by atoms with Gasteiger partial charge < -0.3 is 10.4 Å². The van der Waals surface area contributed by atoms with E-state index in [1.54, 1.807) is 12.3 Å². The molecule has 2 rings (SSSR count). The number of anilines is 1. The molecule has 0 aliphatic heterocycles. The molecule has 0 unspecified atom stereocenters. The molecule has 0 saturated heterocycles. The van der Waals surface area contributed by atoms with Crippen molar-refractivity contribution in [1.82, 2.24) is 9.78 Å². The molecular weight excluding hydrogens is 290 g/mol. The van der Waals surface area contributed by atoms with Gasteiger partial charge in [0.15, 0.2) is 0 Å². The van der Waals surface area contributed by atoms with E-state index in [1.807, 2.05) is 30.7 Å². The van der Waals surface area contributed by atoms with Crippen molar-refractivity contribution >= 4 is 11.6 Å². The summed E-state index contributed by atoms with van der Waals surface area (Å²) in [6.45, 7) is 8.95. The summed E-state index contributed by atoms with van der Waals surface area (Å²) in [4.78, 5) is 12.5. The van der Waals surface area contributed by atoms with Crippen molar-refractivity contribution in [3.05, 3.63) is 46.8 Å². The van der Waals surface area contributed by atoms with E-state index in [0.717, 1.165) is 35.5 Å². The lowest BCUT2D eigenvalue weighted by molar-refractivity contribution is 0.102. The fourth-order valence-electron chi connectivity index (χ4n) is 2.37. The van der Waals surface area contributed by atoms with Crippen LogP contribution in [0.25, 0.3) is 0 Å². The van der Waals surface area contributed by atoms with E-state index in [1.165, 1.54) is 0 Å². The summed E-state index contributed by atoms with van der Waals surface area (Å²) in [5, 5.41) is 16.5. The van der Waals surface area contributed by atoms with Crippen molar-refractivity contribution in [2.24, 2.45) is 5.92 Å². The standard InChI is InChI=1S/C18H25N3O2/c1-12(2)7-8-21-14(4)16(10-19-21)18(23)20-17-9-15(11-22)6-5-13(17)3/h5-6,9-10,12,22H,7-8,11H2,1-4H3,(H,20,23). The SMILES string of the molecule is Cc1ccc(CO)cc1NC(=O)c1cnn(CCC(C)C)c1C. The molecule has 0 fully saturated rings. The summed E-state index contributed by atoms with van der Waals surface area (Å²) < 4.78 is 1.88. The molecule has 23 heavy (non-hydrogen) atoms. The minimum atomic E-state index is -0.170. The highest BCUT2D eigenvalue weighted by Crippen LogP contribution is 2.19. The molecule has 0 radical (unpaired) electrons. The molecule has 0 saturated carbocycles. The normalized spacial score (nSPS) is 11.0. The molecule has 124 valence electrons. The average molecular weight is 315 g/mol. The number of nitrogens with one attached hydrogen (secondary N) is 1. The molecule has 0 aliphatic rings. The van der Waals surface area contributed by atoms with Crippen LogP contribution in [0.5, 0.6) is 0 Å². The Labute approximate surface area is 137 Å². The molecule has 1 heterocycles. The average Bonchev–Trinajstić information content (AvgIpc) is 2.88. The van der Waals surface area contributed by atoms with Crippen molar-refractivity contribution < 1.29 is 9.90 Å². The quantitative estimate of drug-likeness (QED) is 0.859. The van der Waals surface area contributed by atoms with Crippen LogP contribution in [0.15, 0.2) is 24.4 Å². The maximum Gasteiger partial charge on any atom is 0.259 e. The van der Waals surface area contributed by atoms with Crippen LogP contribution < -0.4 is 5.32 Å². The number of amides is 1. The van der Waals surface area contributed by atoms with Crippen LogP contribution in [0.1, 0.15) is 47.4 Å². The van der Waals surface area contributed by atoms with Gasteiger partial charge in [-0.25, -0.2) is 0 Å². The number of hydrogen-bond acceptors (Lipinski definition) is 3. The number of carbonyl (C=O) groups excluding carboxylic acids is 1. The number of aliphatic hydroxyl groups is 1. The Hall–Kier alpha value is -2.14. The second kappa shape index (κ2) is 7.42. The summed E-state index contributed by atoms with van der Waals surface area (Å²) in [5.74, 6) is 0.427. The van der Waals surface area contributed by atoms with Crippen LogP contribution in [-0.4, -0.2) is 20.8 Å². The van der Waals surface area contributed by atoms with Crippen LogP contribution >= 0.6 is 0 Å². The molecule has 2 N–H and O–H groups in total. The Morgan fingerprint density at radius 3 is 2.74 bits per heavy atom. The number of carbonyl (C=O) groups is 1. The van der Waals surface area contributed by atoms with Crippen LogP contribution in [0.4, 0.5) is 5.69 Å². The van der Waals surface area contributed by atoms with E-state index in [2.05, 4.69) is 24.3 Å². The highest BCUT2D eigenvalue weighted by Gasteiger charge is 2.15. The third kappa shape index (κ3) is 4.20. The molecular formula is C18H25N3O2. The molecule has 2 aromatic rings. The molecule has 1 amide bonds. The van der Waals surface area contributed by atoms with Gasteiger partial charge in [-0.2, -0.15) is 5.10 Å². The van der Waals surface area contributed by atoms with Crippen LogP contribution in [0.2, 0.25) is 0 Å². The number of aromatic nitrogens is 2. The van der Waals surface area contributed by atoms with Crippen LogP contribution in [0.3, 0.4) is 0 Å². The second-order valence-electron chi connectivity index (χ2n) is 6.31. The molecule has 1 aromatic heterocycles. The predicted molar refractivity (Wildman–Crippen MR) is 91.5 cm³/mol. The van der Waals surface area contributed by atoms with E-state index in [0.29, 0.717) is 11.5 Å². The number of aryl methyl sites for hydroxylation is 2. The smallest absolute Gasteiger partial charge is 0.259 e. The molecule has 1 aromatic carbocycles. The first kappa shape index (κ1) is 17.2.